The van der Waals surface area contributed by atoms with E-state index in [4.69, 9.17) is 11.1 Å². The Hall–Kier alpha value is -1.30. The van der Waals surface area contributed by atoms with E-state index in [1.165, 1.54) is 12.2 Å². The van der Waals surface area contributed by atoms with Gasteiger partial charge in [0.15, 0.2) is 0 Å². The summed E-state index contributed by atoms with van der Waals surface area (Å²) in [5, 5.41) is 7.03. The number of rotatable bonds is 5. The van der Waals surface area contributed by atoms with Crippen LogP contribution in [0.5, 0.6) is 0 Å². The molecule has 0 aromatic rings. The minimum absolute atomic E-state index is 0.00546. The molecule has 0 rings (SSSR count). The largest absolute Gasteiger partial charge is 0.369 e. The van der Waals surface area contributed by atoms with Crippen LogP contribution in [0.2, 0.25) is 0 Å². The highest BCUT2D eigenvalue weighted by atomic mass is 32.2. The summed E-state index contributed by atoms with van der Waals surface area (Å²) in [5.74, 6) is -0.748. The first-order valence-electron chi connectivity index (χ1n) is 3.52. The number of sulfonamides is 1. The van der Waals surface area contributed by atoms with Crippen LogP contribution in [0.1, 0.15) is 0 Å². The topological polar surface area (TPSA) is 87.2 Å². The molecule has 6 heteroatoms. The van der Waals surface area contributed by atoms with Crippen molar-refractivity contribution in [1.82, 2.24) is 4.31 Å². The van der Waals surface area contributed by atoms with Crippen LogP contribution in [-0.2, 0) is 10.0 Å². The molecule has 0 bridgehead atoms. The maximum absolute atomic E-state index is 11.3. The molecule has 0 unspecified atom stereocenters. The molecule has 0 aliphatic rings. The third-order valence-electron chi connectivity index (χ3n) is 1.23. The lowest BCUT2D eigenvalue weighted by atomic mass is 10.6. The predicted molar refractivity (Wildman–Crippen MR) is 52.8 cm³/mol. The first-order chi connectivity index (χ1) is 5.95. The van der Waals surface area contributed by atoms with Crippen LogP contribution in [-0.4, -0.2) is 31.0 Å². The molecule has 13 heavy (non-hydrogen) atoms. The molecule has 0 aromatic heterocycles. The Morgan fingerprint density at radius 1 is 1.46 bits per heavy atom. The molecule has 0 saturated carbocycles. The van der Waals surface area contributed by atoms with E-state index in [1.54, 1.807) is 0 Å². The quantitative estimate of drug-likeness (QED) is 0.371. The molecule has 0 aliphatic heterocycles. The molecule has 0 amide bonds. The standard InChI is InChI=1S/C7H13N3O2S/c1-3-5-10(7(8)9)13(11,12)6-4-2/h3-4H,1-2,5-6H2,(H3,8,9). The molecule has 74 valence electrons. The summed E-state index contributed by atoms with van der Waals surface area (Å²) in [6, 6.07) is 0. The fourth-order valence-corrected chi connectivity index (χ4v) is 1.83. The van der Waals surface area contributed by atoms with Gasteiger partial charge < -0.3 is 5.73 Å². The maximum Gasteiger partial charge on any atom is 0.241 e. The molecule has 5 nitrogen and oxygen atoms in total. The van der Waals surface area contributed by atoms with Gasteiger partial charge in [-0.05, 0) is 0 Å². The molecule has 0 heterocycles. The van der Waals surface area contributed by atoms with E-state index in [-0.39, 0.29) is 12.3 Å². The minimum atomic E-state index is -3.54. The van der Waals surface area contributed by atoms with Gasteiger partial charge in [0.2, 0.25) is 16.0 Å². The number of hydrogen-bond acceptors (Lipinski definition) is 3. The zero-order chi connectivity index (χ0) is 10.5. The summed E-state index contributed by atoms with van der Waals surface area (Å²) in [5.41, 5.74) is 5.09. The molecule has 0 aliphatic carbocycles. The molecular formula is C7H13N3O2S. The lowest BCUT2D eigenvalue weighted by molar-refractivity contribution is 0.540. The van der Waals surface area contributed by atoms with Crippen LogP contribution in [0.4, 0.5) is 0 Å². The van der Waals surface area contributed by atoms with Gasteiger partial charge in [0.1, 0.15) is 0 Å². The monoisotopic (exact) mass is 203 g/mol. The van der Waals surface area contributed by atoms with Gasteiger partial charge >= 0.3 is 0 Å². The van der Waals surface area contributed by atoms with Crippen molar-refractivity contribution >= 4 is 16.0 Å². The summed E-state index contributed by atoms with van der Waals surface area (Å²) in [6.45, 7) is 6.68. The third kappa shape index (κ3) is 3.29. The number of hydrogen-bond donors (Lipinski definition) is 2. The zero-order valence-electron chi connectivity index (χ0n) is 7.23. The highest BCUT2D eigenvalue weighted by Crippen LogP contribution is 2.00. The Morgan fingerprint density at radius 3 is 2.31 bits per heavy atom. The van der Waals surface area contributed by atoms with Crippen LogP contribution in [0.25, 0.3) is 0 Å². The Kier molecular flexibility index (Phi) is 4.19. The van der Waals surface area contributed by atoms with Gasteiger partial charge in [-0.15, -0.1) is 13.2 Å². The summed E-state index contributed by atoms with van der Waals surface area (Å²) in [6.07, 6.45) is 2.61. The fourth-order valence-electron chi connectivity index (χ4n) is 0.718. The third-order valence-corrected chi connectivity index (χ3v) is 2.90. The lowest BCUT2D eigenvalue weighted by Gasteiger charge is -2.19. The molecule has 0 spiro atoms. The van der Waals surface area contributed by atoms with Gasteiger partial charge in [-0.3, -0.25) is 5.41 Å². The second-order valence-electron chi connectivity index (χ2n) is 2.27. The second-order valence-corrected chi connectivity index (χ2v) is 4.21. The predicted octanol–water partition coefficient (Wildman–Crippen LogP) is -0.116. The number of nitrogens with two attached hydrogens (primary N) is 1. The van der Waals surface area contributed by atoms with E-state index >= 15 is 0 Å². The van der Waals surface area contributed by atoms with Crippen LogP contribution in [0.15, 0.2) is 25.3 Å². The van der Waals surface area contributed by atoms with Gasteiger partial charge in [0, 0.05) is 0 Å². The second kappa shape index (κ2) is 4.66. The highest BCUT2D eigenvalue weighted by molar-refractivity contribution is 7.89. The molecule has 0 radical (unpaired) electrons. The van der Waals surface area contributed by atoms with Crippen molar-refractivity contribution in [2.45, 2.75) is 0 Å². The van der Waals surface area contributed by atoms with E-state index in [0.29, 0.717) is 0 Å². The van der Waals surface area contributed by atoms with Crippen molar-refractivity contribution in [2.24, 2.45) is 5.73 Å². The van der Waals surface area contributed by atoms with Crippen molar-refractivity contribution in [1.29, 1.82) is 5.41 Å². The Bertz CT molecular complexity index is 308. The Labute approximate surface area is 78.1 Å². The number of nitrogens with one attached hydrogen (secondary N) is 1. The van der Waals surface area contributed by atoms with E-state index in [2.05, 4.69) is 13.2 Å². The minimum Gasteiger partial charge on any atom is -0.369 e. The van der Waals surface area contributed by atoms with Crippen molar-refractivity contribution < 1.29 is 8.42 Å². The zero-order valence-corrected chi connectivity index (χ0v) is 8.05. The van der Waals surface area contributed by atoms with Crippen LogP contribution in [0, 0.1) is 5.41 Å². The van der Waals surface area contributed by atoms with Crippen molar-refractivity contribution in [3.05, 3.63) is 25.3 Å². The molecule has 0 atom stereocenters. The summed E-state index contributed by atoms with van der Waals surface area (Å²) in [4.78, 5) is 0. The van der Waals surface area contributed by atoms with Gasteiger partial charge in [-0.1, -0.05) is 12.2 Å². The van der Waals surface area contributed by atoms with Crippen LogP contribution >= 0.6 is 0 Å². The lowest BCUT2D eigenvalue weighted by Crippen LogP contribution is -2.42. The first-order valence-corrected chi connectivity index (χ1v) is 5.13. The van der Waals surface area contributed by atoms with Gasteiger partial charge in [0.05, 0.1) is 12.3 Å². The number of guanidine groups is 1. The smallest absolute Gasteiger partial charge is 0.241 e. The summed E-state index contributed by atoms with van der Waals surface area (Å²) in [7, 11) is -3.54. The molecule has 3 N–H and O–H groups in total. The Balaban J connectivity index is 4.82. The highest BCUT2D eigenvalue weighted by Gasteiger charge is 2.19. The van der Waals surface area contributed by atoms with E-state index in [0.717, 1.165) is 4.31 Å². The SMILES string of the molecule is C=CCN(C(=N)N)S(=O)(=O)CC=C. The fraction of sp³-hybridized carbons (Fsp3) is 0.286. The van der Waals surface area contributed by atoms with Crippen molar-refractivity contribution in [2.75, 3.05) is 12.3 Å². The van der Waals surface area contributed by atoms with Crippen molar-refractivity contribution in [3.8, 4) is 0 Å². The van der Waals surface area contributed by atoms with Crippen LogP contribution < -0.4 is 5.73 Å². The van der Waals surface area contributed by atoms with Gasteiger partial charge in [-0.25, -0.2) is 12.7 Å². The number of nitrogens with zero attached hydrogens (tertiary/aromatic N) is 1. The van der Waals surface area contributed by atoms with Gasteiger partial charge in [0.25, 0.3) is 0 Å². The average Bonchev–Trinajstić information content (AvgIpc) is 1.99. The molecular weight excluding hydrogens is 190 g/mol. The molecule has 0 aromatic carbocycles. The van der Waals surface area contributed by atoms with Crippen molar-refractivity contribution in [3.63, 3.8) is 0 Å². The first kappa shape index (κ1) is 11.7. The van der Waals surface area contributed by atoms with E-state index < -0.39 is 16.0 Å². The van der Waals surface area contributed by atoms with Crippen LogP contribution in [0.3, 0.4) is 0 Å². The van der Waals surface area contributed by atoms with E-state index in [9.17, 15) is 8.42 Å². The molecule has 0 saturated heterocycles. The summed E-state index contributed by atoms with van der Waals surface area (Å²) >= 11 is 0. The van der Waals surface area contributed by atoms with Gasteiger partial charge in [-0.2, -0.15) is 0 Å². The summed E-state index contributed by atoms with van der Waals surface area (Å²) < 4.78 is 23.5. The molecule has 0 fully saturated rings. The average molecular weight is 203 g/mol. The maximum atomic E-state index is 11.3. The normalized spacial score (nSPS) is 10.5. The van der Waals surface area contributed by atoms with E-state index in [1.807, 2.05) is 0 Å². The Morgan fingerprint density at radius 2 is 2.00 bits per heavy atom.